The van der Waals surface area contributed by atoms with Crippen LogP contribution in [0.15, 0.2) is 76.5 Å². The number of amides is 1. The van der Waals surface area contributed by atoms with Gasteiger partial charge in [0.15, 0.2) is 0 Å². The quantitative estimate of drug-likeness (QED) is 0.358. The van der Waals surface area contributed by atoms with Gasteiger partial charge in [-0.25, -0.2) is 8.42 Å². The second-order valence-electron chi connectivity index (χ2n) is 8.22. The Morgan fingerprint density at radius 2 is 1.69 bits per heavy atom. The average Bonchev–Trinajstić information content (AvgIpc) is 2.89. The van der Waals surface area contributed by atoms with Crippen molar-refractivity contribution in [2.75, 3.05) is 25.5 Å². The van der Waals surface area contributed by atoms with Crippen molar-refractivity contribution in [3.63, 3.8) is 0 Å². The summed E-state index contributed by atoms with van der Waals surface area (Å²) < 4.78 is 33.2. The molecule has 0 atom stereocenters. The van der Waals surface area contributed by atoms with E-state index in [0.29, 0.717) is 29.4 Å². The van der Waals surface area contributed by atoms with Crippen LogP contribution in [-0.4, -0.2) is 38.8 Å². The van der Waals surface area contributed by atoms with E-state index in [0.717, 1.165) is 35.5 Å². The topological polar surface area (TPSA) is 75.7 Å². The SMILES string of the molecule is COc1ccc(NC(=O)c2ccc(CSc3ccc(Cl)cc3)cc2)cc1S(=O)(=O)N1CCCCC1. The Morgan fingerprint density at radius 3 is 2.34 bits per heavy atom. The number of carbonyl (C=O) groups is 1. The fourth-order valence-electron chi connectivity index (χ4n) is 3.85. The average molecular weight is 531 g/mol. The van der Waals surface area contributed by atoms with Crippen LogP contribution >= 0.6 is 23.4 Å². The van der Waals surface area contributed by atoms with Crippen molar-refractivity contribution in [2.24, 2.45) is 0 Å². The van der Waals surface area contributed by atoms with Gasteiger partial charge in [-0.3, -0.25) is 4.79 Å². The van der Waals surface area contributed by atoms with Gasteiger partial charge in [0.05, 0.1) is 7.11 Å². The number of hydrogen-bond acceptors (Lipinski definition) is 5. The van der Waals surface area contributed by atoms with Crippen LogP contribution in [0, 0.1) is 0 Å². The summed E-state index contributed by atoms with van der Waals surface area (Å²) >= 11 is 7.62. The molecule has 0 aromatic heterocycles. The molecular formula is C26H27ClN2O4S2. The molecule has 0 saturated carbocycles. The van der Waals surface area contributed by atoms with Gasteiger partial charge in [0.2, 0.25) is 10.0 Å². The molecule has 0 spiro atoms. The first-order chi connectivity index (χ1) is 16.9. The molecule has 0 radical (unpaired) electrons. The molecule has 1 saturated heterocycles. The van der Waals surface area contributed by atoms with E-state index in [9.17, 15) is 13.2 Å². The van der Waals surface area contributed by atoms with Gasteiger partial charge in [-0.2, -0.15) is 4.31 Å². The first-order valence-corrected chi connectivity index (χ1v) is 14.1. The Bertz CT molecular complexity index is 1270. The minimum absolute atomic E-state index is 0.0641. The highest BCUT2D eigenvalue weighted by atomic mass is 35.5. The van der Waals surface area contributed by atoms with Crippen molar-refractivity contribution in [3.05, 3.63) is 82.9 Å². The molecule has 0 unspecified atom stereocenters. The van der Waals surface area contributed by atoms with E-state index in [1.165, 1.54) is 17.5 Å². The van der Waals surface area contributed by atoms with Crippen LogP contribution in [0.1, 0.15) is 35.2 Å². The van der Waals surface area contributed by atoms with Gasteiger partial charge in [-0.05, 0) is 73.0 Å². The third-order valence-electron chi connectivity index (χ3n) is 5.79. The number of nitrogens with zero attached hydrogens (tertiary/aromatic N) is 1. The fourth-order valence-corrected chi connectivity index (χ4v) is 6.53. The zero-order valence-corrected chi connectivity index (χ0v) is 21.8. The van der Waals surface area contributed by atoms with Crippen molar-refractivity contribution in [2.45, 2.75) is 34.8 Å². The number of ether oxygens (including phenoxy) is 1. The molecule has 3 aromatic rings. The van der Waals surface area contributed by atoms with E-state index in [4.69, 9.17) is 16.3 Å². The van der Waals surface area contributed by atoms with Crippen LogP contribution in [0.25, 0.3) is 0 Å². The number of carbonyl (C=O) groups excluding carboxylic acids is 1. The fraction of sp³-hybridized carbons (Fsp3) is 0.269. The van der Waals surface area contributed by atoms with Crippen LogP contribution in [0.2, 0.25) is 5.02 Å². The molecule has 1 N–H and O–H groups in total. The van der Waals surface area contributed by atoms with E-state index >= 15 is 0 Å². The minimum Gasteiger partial charge on any atom is -0.495 e. The third kappa shape index (κ3) is 6.38. The number of benzene rings is 3. The molecule has 0 aliphatic carbocycles. The predicted molar refractivity (Wildman–Crippen MR) is 141 cm³/mol. The summed E-state index contributed by atoms with van der Waals surface area (Å²) in [6, 6.07) is 19.7. The zero-order valence-electron chi connectivity index (χ0n) is 19.4. The summed E-state index contributed by atoms with van der Waals surface area (Å²) in [7, 11) is -2.28. The minimum atomic E-state index is -3.72. The van der Waals surface area contributed by atoms with Crippen molar-refractivity contribution in [1.82, 2.24) is 4.31 Å². The maximum Gasteiger partial charge on any atom is 0.255 e. The molecule has 4 rings (SSSR count). The Kier molecular flexibility index (Phi) is 8.38. The first kappa shape index (κ1) is 25.6. The Labute approximate surface area is 215 Å². The first-order valence-electron chi connectivity index (χ1n) is 11.3. The van der Waals surface area contributed by atoms with Crippen LogP contribution < -0.4 is 10.1 Å². The van der Waals surface area contributed by atoms with Gasteiger partial charge in [0.1, 0.15) is 10.6 Å². The summed E-state index contributed by atoms with van der Waals surface area (Å²) in [6.07, 6.45) is 2.70. The lowest BCUT2D eigenvalue weighted by Gasteiger charge is -2.26. The Morgan fingerprint density at radius 1 is 1.00 bits per heavy atom. The maximum absolute atomic E-state index is 13.2. The number of halogens is 1. The highest BCUT2D eigenvalue weighted by Crippen LogP contribution is 2.31. The van der Waals surface area contributed by atoms with Crippen LogP contribution in [0.3, 0.4) is 0 Å². The number of piperidine rings is 1. The van der Waals surface area contributed by atoms with E-state index in [1.54, 1.807) is 36.0 Å². The Balaban J connectivity index is 1.44. The molecule has 0 bridgehead atoms. The third-order valence-corrected chi connectivity index (χ3v) is 9.04. The Hall–Kier alpha value is -2.52. The zero-order chi connectivity index (χ0) is 24.8. The molecule has 6 nitrogen and oxygen atoms in total. The number of hydrogen-bond donors (Lipinski definition) is 1. The number of anilines is 1. The number of thioether (sulfide) groups is 1. The highest BCUT2D eigenvalue weighted by Gasteiger charge is 2.29. The van der Waals surface area contributed by atoms with Crippen LogP contribution in [0.4, 0.5) is 5.69 Å². The lowest BCUT2D eigenvalue weighted by Crippen LogP contribution is -2.35. The van der Waals surface area contributed by atoms with E-state index in [2.05, 4.69) is 5.32 Å². The second-order valence-corrected chi connectivity index (χ2v) is 11.6. The summed E-state index contributed by atoms with van der Waals surface area (Å²) in [5.41, 5.74) is 1.97. The summed E-state index contributed by atoms with van der Waals surface area (Å²) in [5, 5.41) is 3.52. The van der Waals surface area contributed by atoms with Crippen molar-refractivity contribution in [1.29, 1.82) is 0 Å². The molecule has 1 aliphatic rings. The second kappa shape index (κ2) is 11.5. The van der Waals surface area contributed by atoms with E-state index < -0.39 is 10.0 Å². The van der Waals surface area contributed by atoms with E-state index in [-0.39, 0.29) is 16.6 Å². The largest absolute Gasteiger partial charge is 0.495 e. The van der Waals surface area contributed by atoms with Crippen LogP contribution in [0.5, 0.6) is 5.75 Å². The summed E-state index contributed by atoms with van der Waals surface area (Å²) in [6.45, 7) is 0.982. The lowest BCUT2D eigenvalue weighted by molar-refractivity contribution is 0.102. The standard InChI is InChI=1S/C26H27ClN2O4S2/c1-33-24-14-11-22(17-25(24)35(31,32)29-15-3-2-4-16-29)28-26(30)20-7-5-19(6-8-20)18-34-23-12-9-21(27)10-13-23/h5-14,17H,2-4,15-16,18H2,1H3,(H,28,30). The van der Waals surface area contributed by atoms with Gasteiger partial charge >= 0.3 is 0 Å². The van der Waals surface area contributed by atoms with Crippen molar-refractivity contribution in [3.8, 4) is 5.75 Å². The summed E-state index contributed by atoms with van der Waals surface area (Å²) in [4.78, 5) is 14.0. The smallest absolute Gasteiger partial charge is 0.255 e. The van der Waals surface area contributed by atoms with Crippen molar-refractivity contribution < 1.29 is 17.9 Å². The molecule has 1 amide bonds. The maximum atomic E-state index is 13.2. The van der Waals surface area contributed by atoms with Gasteiger partial charge < -0.3 is 10.1 Å². The molecule has 35 heavy (non-hydrogen) atoms. The lowest BCUT2D eigenvalue weighted by atomic mass is 10.1. The number of rotatable bonds is 8. The predicted octanol–water partition coefficient (Wildman–Crippen LogP) is 6.07. The van der Waals surface area contributed by atoms with Gasteiger partial charge in [-0.1, -0.05) is 30.2 Å². The normalized spacial score (nSPS) is 14.5. The van der Waals surface area contributed by atoms with Gasteiger partial charge in [-0.15, -0.1) is 11.8 Å². The molecule has 1 heterocycles. The molecule has 1 fully saturated rings. The van der Waals surface area contributed by atoms with Gasteiger partial charge in [0.25, 0.3) is 5.91 Å². The monoisotopic (exact) mass is 530 g/mol. The number of nitrogens with one attached hydrogen (secondary N) is 1. The van der Waals surface area contributed by atoms with Crippen molar-refractivity contribution >= 4 is 45.0 Å². The molecular weight excluding hydrogens is 504 g/mol. The summed E-state index contributed by atoms with van der Waals surface area (Å²) in [5.74, 6) is 0.712. The van der Waals surface area contributed by atoms with E-state index in [1.807, 2.05) is 36.4 Å². The molecule has 184 valence electrons. The highest BCUT2D eigenvalue weighted by molar-refractivity contribution is 7.98. The molecule has 1 aliphatic heterocycles. The molecule has 9 heteroatoms. The number of sulfonamides is 1. The molecule has 3 aromatic carbocycles. The van der Waals surface area contributed by atoms with Crippen LogP contribution in [-0.2, 0) is 15.8 Å². The van der Waals surface area contributed by atoms with Gasteiger partial charge in [0, 0.05) is 40.0 Å². The number of methoxy groups -OCH3 is 1.